The number of aromatic nitrogens is 1. The lowest BCUT2D eigenvalue weighted by atomic mass is 10.00. The van der Waals surface area contributed by atoms with Crippen molar-refractivity contribution >= 4 is 0 Å². The molecule has 0 spiro atoms. The fraction of sp³-hybridized carbons (Fsp3) is 0.783. The molecule has 0 aromatic carbocycles. The minimum absolute atomic E-state index is 0.0859. The molecule has 1 fully saturated rings. The highest BCUT2D eigenvalue weighted by Crippen LogP contribution is 2.20. The molecule has 0 radical (unpaired) electrons. The lowest BCUT2D eigenvalue weighted by molar-refractivity contribution is -0.0761. The molecule has 1 aromatic rings. The fourth-order valence-electron chi connectivity index (χ4n) is 3.10. The van der Waals surface area contributed by atoms with Crippen molar-refractivity contribution in [2.24, 2.45) is 5.92 Å². The van der Waals surface area contributed by atoms with E-state index in [-0.39, 0.29) is 5.60 Å². The van der Waals surface area contributed by atoms with Crippen LogP contribution < -0.4 is 4.74 Å². The first-order valence-corrected chi connectivity index (χ1v) is 10.8. The summed E-state index contributed by atoms with van der Waals surface area (Å²) in [6.45, 7) is 17.4. The van der Waals surface area contributed by atoms with Crippen LogP contribution in [0, 0.1) is 5.92 Å². The lowest BCUT2D eigenvalue weighted by Crippen LogP contribution is -2.57. The molecule has 0 bridgehead atoms. The maximum Gasteiger partial charge on any atom is 0.137 e. The Hall–Kier alpha value is -1.17. The van der Waals surface area contributed by atoms with Gasteiger partial charge in [-0.3, -0.25) is 9.88 Å². The molecule has 1 atom stereocenters. The molecule has 1 aliphatic heterocycles. The molecule has 0 amide bonds. The molecule has 1 aliphatic rings. The number of aryl methyl sites for hydroxylation is 1. The van der Waals surface area contributed by atoms with E-state index >= 15 is 0 Å². The first kappa shape index (κ1) is 23.1. The van der Waals surface area contributed by atoms with Gasteiger partial charge in [-0.15, -0.1) is 0 Å². The minimum Gasteiger partial charge on any atom is -0.492 e. The number of ether oxygens (including phenoxy) is 3. The average Bonchev–Trinajstić information content (AvgIpc) is 2.59. The van der Waals surface area contributed by atoms with E-state index < -0.39 is 0 Å². The van der Waals surface area contributed by atoms with Crippen LogP contribution in [0.25, 0.3) is 0 Å². The van der Waals surface area contributed by atoms with E-state index in [4.69, 9.17) is 14.2 Å². The van der Waals surface area contributed by atoms with Crippen LogP contribution in [0.15, 0.2) is 18.3 Å². The monoisotopic (exact) mass is 392 g/mol. The molecule has 5 nitrogen and oxygen atoms in total. The number of likely N-dealkylation sites (tertiary alicyclic amines) is 1. The predicted octanol–water partition coefficient (Wildman–Crippen LogP) is 4.34. The van der Waals surface area contributed by atoms with E-state index in [9.17, 15) is 0 Å². The number of pyridine rings is 1. The van der Waals surface area contributed by atoms with Gasteiger partial charge < -0.3 is 14.2 Å². The second-order valence-electron chi connectivity index (χ2n) is 9.18. The summed E-state index contributed by atoms with van der Waals surface area (Å²) < 4.78 is 17.4. The van der Waals surface area contributed by atoms with Crippen LogP contribution in [0.1, 0.15) is 60.1 Å². The summed E-state index contributed by atoms with van der Waals surface area (Å²) in [5.74, 6) is 1.53. The second kappa shape index (κ2) is 11.1. The Morgan fingerprint density at radius 3 is 2.43 bits per heavy atom. The van der Waals surface area contributed by atoms with Crippen molar-refractivity contribution in [1.29, 1.82) is 0 Å². The summed E-state index contributed by atoms with van der Waals surface area (Å²) >= 11 is 0. The van der Waals surface area contributed by atoms with Crippen LogP contribution >= 0.6 is 0 Å². The summed E-state index contributed by atoms with van der Waals surface area (Å²) in [4.78, 5) is 7.01. The van der Waals surface area contributed by atoms with Gasteiger partial charge in [0, 0.05) is 37.9 Å². The van der Waals surface area contributed by atoms with E-state index in [0.29, 0.717) is 31.3 Å². The van der Waals surface area contributed by atoms with Gasteiger partial charge in [-0.2, -0.15) is 0 Å². The van der Waals surface area contributed by atoms with E-state index in [1.165, 1.54) is 0 Å². The maximum absolute atomic E-state index is 5.98. The SMILES string of the molecule is CC(C)[C@H](C)N1CC(OCCCc2ccc(OCCCOC(C)(C)C)cn2)C1. The zero-order chi connectivity index (χ0) is 20.6. The van der Waals surface area contributed by atoms with Crippen LogP contribution in [0.3, 0.4) is 0 Å². The van der Waals surface area contributed by atoms with Crippen LogP contribution in [0.5, 0.6) is 5.75 Å². The van der Waals surface area contributed by atoms with Crippen molar-refractivity contribution in [2.75, 3.05) is 32.9 Å². The van der Waals surface area contributed by atoms with Crippen molar-refractivity contribution in [3.05, 3.63) is 24.0 Å². The Morgan fingerprint density at radius 2 is 1.82 bits per heavy atom. The third-order valence-electron chi connectivity index (χ3n) is 5.24. The zero-order valence-corrected chi connectivity index (χ0v) is 18.7. The summed E-state index contributed by atoms with van der Waals surface area (Å²) in [5, 5.41) is 0. The average molecular weight is 393 g/mol. The van der Waals surface area contributed by atoms with Crippen LogP contribution in [-0.4, -0.2) is 60.5 Å². The van der Waals surface area contributed by atoms with Gasteiger partial charge in [0.1, 0.15) is 5.75 Å². The van der Waals surface area contributed by atoms with Gasteiger partial charge in [0.05, 0.1) is 31.1 Å². The van der Waals surface area contributed by atoms with Gasteiger partial charge in [-0.1, -0.05) is 13.8 Å². The molecule has 160 valence electrons. The Labute approximate surface area is 171 Å². The van der Waals surface area contributed by atoms with E-state index in [2.05, 4.69) is 57.5 Å². The first-order valence-electron chi connectivity index (χ1n) is 10.8. The molecule has 2 rings (SSSR count). The van der Waals surface area contributed by atoms with Crippen molar-refractivity contribution in [1.82, 2.24) is 9.88 Å². The number of rotatable bonds is 12. The second-order valence-corrected chi connectivity index (χ2v) is 9.18. The summed E-state index contributed by atoms with van der Waals surface area (Å²) in [6, 6.07) is 4.71. The van der Waals surface area contributed by atoms with Gasteiger partial charge in [-0.05, 0) is 58.6 Å². The molecule has 0 saturated carbocycles. The Kier molecular flexibility index (Phi) is 9.19. The summed E-state index contributed by atoms with van der Waals surface area (Å²) in [5.41, 5.74) is 1.01. The fourth-order valence-corrected chi connectivity index (χ4v) is 3.10. The molecule has 1 saturated heterocycles. The zero-order valence-electron chi connectivity index (χ0n) is 18.7. The van der Waals surface area contributed by atoms with Crippen molar-refractivity contribution in [2.45, 2.75) is 78.6 Å². The predicted molar refractivity (Wildman–Crippen MR) is 114 cm³/mol. The largest absolute Gasteiger partial charge is 0.492 e. The molecule has 5 heteroatoms. The molecule has 0 unspecified atom stereocenters. The van der Waals surface area contributed by atoms with Crippen molar-refractivity contribution in [3.8, 4) is 5.75 Å². The van der Waals surface area contributed by atoms with E-state index in [1.54, 1.807) is 0 Å². The topological polar surface area (TPSA) is 43.8 Å². The van der Waals surface area contributed by atoms with Gasteiger partial charge in [0.15, 0.2) is 0 Å². The Morgan fingerprint density at radius 1 is 1.07 bits per heavy atom. The van der Waals surface area contributed by atoms with Crippen LogP contribution in [0.4, 0.5) is 0 Å². The maximum atomic E-state index is 5.98. The van der Waals surface area contributed by atoms with Crippen molar-refractivity contribution in [3.63, 3.8) is 0 Å². The third kappa shape index (κ3) is 8.46. The van der Waals surface area contributed by atoms with Gasteiger partial charge in [0.25, 0.3) is 0 Å². The molecular weight excluding hydrogens is 352 g/mol. The highest BCUT2D eigenvalue weighted by molar-refractivity contribution is 5.19. The van der Waals surface area contributed by atoms with Crippen LogP contribution in [0.2, 0.25) is 0 Å². The molecular formula is C23H40N2O3. The molecule has 28 heavy (non-hydrogen) atoms. The molecule has 1 aromatic heterocycles. The van der Waals surface area contributed by atoms with E-state index in [0.717, 1.165) is 50.4 Å². The molecule has 0 aliphatic carbocycles. The normalized spacial score (nSPS) is 17.0. The minimum atomic E-state index is -0.0859. The first-order chi connectivity index (χ1) is 13.2. The number of hydrogen-bond donors (Lipinski definition) is 0. The smallest absolute Gasteiger partial charge is 0.137 e. The highest BCUT2D eigenvalue weighted by atomic mass is 16.5. The Balaban J connectivity index is 1.52. The van der Waals surface area contributed by atoms with Crippen molar-refractivity contribution < 1.29 is 14.2 Å². The third-order valence-corrected chi connectivity index (χ3v) is 5.24. The quantitative estimate of drug-likeness (QED) is 0.495. The lowest BCUT2D eigenvalue weighted by Gasteiger charge is -2.44. The Bertz CT molecular complexity index is 548. The summed E-state index contributed by atoms with van der Waals surface area (Å²) in [7, 11) is 0. The molecule has 0 N–H and O–H groups in total. The van der Waals surface area contributed by atoms with Crippen LogP contribution in [-0.2, 0) is 15.9 Å². The number of nitrogens with zero attached hydrogens (tertiary/aromatic N) is 2. The summed E-state index contributed by atoms with van der Waals surface area (Å²) in [6.07, 6.45) is 5.06. The molecule has 2 heterocycles. The van der Waals surface area contributed by atoms with E-state index in [1.807, 2.05) is 12.3 Å². The standard InChI is InChI=1S/C23H40N2O3/c1-18(2)19(3)25-16-22(17-25)27-12-7-9-20-10-11-21(15-24-20)26-13-8-14-28-23(4,5)6/h10-11,15,18-19,22H,7-9,12-14,16-17H2,1-6H3/t19-/m0/s1. The van der Waals surface area contributed by atoms with Gasteiger partial charge in [0.2, 0.25) is 0 Å². The van der Waals surface area contributed by atoms with Gasteiger partial charge >= 0.3 is 0 Å². The highest BCUT2D eigenvalue weighted by Gasteiger charge is 2.31. The van der Waals surface area contributed by atoms with Gasteiger partial charge in [-0.25, -0.2) is 0 Å². The number of hydrogen-bond acceptors (Lipinski definition) is 5.